The zero-order chi connectivity index (χ0) is 43.4. The monoisotopic (exact) mass is 841 g/mol. The van der Waals surface area contributed by atoms with Crippen LogP contribution in [0.15, 0.2) is 109 Å². The van der Waals surface area contributed by atoms with Crippen LogP contribution in [-0.4, -0.2) is 78.1 Å². The third-order valence-corrected chi connectivity index (χ3v) is 13.0. The normalized spacial score (nSPS) is 17.3. The number of carbonyl (C=O) groups is 3. The van der Waals surface area contributed by atoms with Gasteiger partial charge in [0.15, 0.2) is 0 Å². The average molecular weight is 842 g/mol. The number of imide groups is 1. The summed E-state index contributed by atoms with van der Waals surface area (Å²) in [5.41, 5.74) is 10.2. The molecule has 15 heteroatoms. The number of nitrogens with zero attached hydrogens (tertiary/aromatic N) is 10. The molecular formula is C48H47N11O4. The van der Waals surface area contributed by atoms with Gasteiger partial charge in [0.2, 0.25) is 11.8 Å². The Morgan fingerprint density at radius 2 is 1.54 bits per heavy atom. The van der Waals surface area contributed by atoms with Gasteiger partial charge in [-0.25, -0.2) is 23.8 Å². The number of benzene rings is 3. The van der Waals surface area contributed by atoms with Gasteiger partial charge in [0.05, 0.1) is 34.7 Å². The predicted octanol–water partition coefficient (Wildman–Crippen LogP) is 6.49. The quantitative estimate of drug-likeness (QED) is 0.161. The number of piperidine rings is 2. The van der Waals surface area contributed by atoms with E-state index in [0.29, 0.717) is 49.8 Å². The molecule has 1 atom stereocenters. The summed E-state index contributed by atoms with van der Waals surface area (Å²) in [4.78, 5) is 66.3. The number of nitrogens with one attached hydrogen (secondary N) is 1. The van der Waals surface area contributed by atoms with Gasteiger partial charge in [-0.3, -0.25) is 34.4 Å². The van der Waals surface area contributed by atoms with Crippen molar-refractivity contribution in [1.82, 2.24) is 39.4 Å². The highest BCUT2D eigenvalue weighted by Gasteiger charge is 2.34. The Balaban J connectivity index is 0.918. The van der Waals surface area contributed by atoms with Crippen LogP contribution in [0.5, 0.6) is 0 Å². The zero-order valence-corrected chi connectivity index (χ0v) is 35.4. The van der Waals surface area contributed by atoms with Gasteiger partial charge in [0.25, 0.3) is 0 Å². The van der Waals surface area contributed by atoms with E-state index in [4.69, 9.17) is 10.1 Å². The molecule has 3 saturated heterocycles. The lowest BCUT2D eigenvalue weighted by Crippen LogP contribution is -2.39. The highest BCUT2D eigenvalue weighted by atomic mass is 16.2. The van der Waals surface area contributed by atoms with Gasteiger partial charge in [0.1, 0.15) is 12.1 Å². The van der Waals surface area contributed by atoms with E-state index >= 15 is 0 Å². The maximum Gasteiger partial charge on any atom is 0.350 e. The molecule has 7 aromatic rings. The van der Waals surface area contributed by atoms with Gasteiger partial charge in [-0.1, -0.05) is 37.3 Å². The van der Waals surface area contributed by atoms with Crippen molar-refractivity contribution < 1.29 is 14.4 Å². The lowest BCUT2D eigenvalue weighted by atomic mass is 9.86. The van der Waals surface area contributed by atoms with Crippen molar-refractivity contribution in [2.24, 2.45) is 14.1 Å². The molecule has 1 unspecified atom stereocenters. The van der Waals surface area contributed by atoms with Crippen LogP contribution in [0.3, 0.4) is 0 Å². The van der Waals surface area contributed by atoms with Crippen molar-refractivity contribution >= 4 is 45.9 Å². The highest BCUT2D eigenvalue weighted by Crippen LogP contribution is 2.41. The van der Waals surface area contributed by atoms with Crippen molar-refractivity contribution in [3.8, 4) is 27.9 Å². The van der Waals surface area contributed by atoms with E-state index in [2.05, 4.69) is 75.8 Å². The third-order valence-electron chi connectivity index (χ3n) is 13.0. The number of rotatable bonds is 9. The summed E-state index contributed by atoms with van der Waals surface area (Å²) in [6.07, 6.45) is 10.1. The second-order valence-corrected chi connectivity index (χ2v) is 16.5. The molecule has 3 aliphatic rings. The molecule has 0 aliphatic carbocycles. The van der Waals surface area contributed by atoms with Crippen LogP contribution >= 0.6 is 0 Å². The molecule has 3 fully saturated rings. The van der Waals surface area contributed by atoms with Crippen molar-refractivity contribution in [2.75, 3.05) is 40.9 Å². The summed E-state index contributed by atoms with van der Waals surface area (Å²) in [5, 5.41) is 12.4. The number of anilines is 3. The second-order valence-electron chi connectivity index (χ2n) is 16.5. The summed E-state index contributed by atoms with van der Waals surface area (Å²) in [6.45, 7) is 4.90. The van der Waals surface area contributed by atoms with Crippen molar-refractivity contribution in [2.45, 2.75) is 50.9 Å². The summed E-state index contributed by atoms with van der Waals surface area (Å²) < 4.78 is 4.70. The molecule has 4 amide bonds. The number of aryl methyl sites for hydroxylation is 2. The van der Waals surface area contributed by atoms with Crippen LogP contribution in [0.1, 0.15) is 61.3 Å². The minimum Gasteiger partial charge on any atom is -0.371 e. The van der Waals surface area contributed by atoms with E-state index in [-0.39, 0.29) is 23.5 Å². The van der Waals surface area contributed by atoms with Crippen LogP contribution in [0.2, 0.25) is 0 Å². The molecular weight excluding hydrogens is 795 g/mol. The molecule has 4 aromatic heterocycles. The molecule has 1 N–H and O–H groups in total. The molecule has 15 nitrogen and oxygen atoms in total. The minimum atomic E-state index is -0.435. The smallest absolute Gasteiger partial charge is 0.350 e. The van der Waals surface area contributed by atoms with Gasteiger partial charge in [-0.2, -0.15) is 10.2 Å². The molecule has 0 spiro atoms. The number of aromatic nitrogens is 7. The third kappa shape index (κ3) is 7.12. The Morgan fingerprint density at radius 1 is 0.746 bits per heavy atom. The summed E-state index contributed by atoms with van der Waals surface area (Å²) in [6, 6.07) is 26.8. The topological polar surface area (TPSA) is 156 Å². The summed E-state index contributed by atoms with van der Waals surface area (Å²) in [7, 11) is 3.54. The SMILES string of the molecule is CCc1c(-c2ccc(-n3cnn(C)c3=O)cc2-c2ccc(C3CCN(c4ccc5c(C6CCC(=O)NC6=O)nn(C)c5c4)CC3)cc2)ccnc1N1CCN(c2cccnc2)C1=O. The molecule has 10 rings (SSSR count). The van der Waals surface area contributed by atoms with Gasteiger partial charge in [-0.15, -0.1) is 0 Å². The number of carbonyl (C=O) groups excluding carboxylic acids is 3. The first-order chi connectivity index (χ1) is 30.7. The largest absolute Gasteiger partial charge is 0.371 e. The van der Waals surface area contributed by atoms with E-state index in [1.165, 1.54) is 10.2 Å². The zero-order valence-electron chi connectivity index (χ0n) is 35.4. The lowest BCUT2D eigenvalue weighted by molar-refractivity contribution is -0.134. The second kappa shape index (κ2) is 16.1. The summed E-state index contributed by atoms with van der Waals surface area (Å²) in [5.74, 6) is 0.0826. The number of fused-ring (bicyclic) bond motifs is 1. The Morgan fingerprint density at radius 3 is 2.27 bits per heavy atom. The molecule has 0 saturated carbocycles. The van der Waals surface area contributed by atoms with Gasteiger partial charge in [0, 0.05) is 75.7 Å². The maximum absolute atomic E-state index is 13.8. The number of amides is 4. The van der Waals surface area contributed by atoms with E-state index < -0.39 is 5.92 Å². The van der Waals surface area contributed by atoms with Gasteiger partial charge < -0.3 is 4.90 Å². The molecule has 0 radical (unpaired) electrons. The van der Waals surface area contributed by atoms with Crippen LogP contribution in [0, 0.1) is 0 Å². The predicted molar refractivity (Wildman–Crippen MR) is 241 cm³/mol. The Bertz CT molecular complexity index is 2960. The highest BCUT2D eigenvalue weighted by molar-refractivity contribution is 6.06. The van der Waals surface area contributed by atoms with Crippen molar-refractivity contribution in [3.05, 3.63) is 131 Å². The average Bonchev–Trinajstić information content (AvgIpc) is 3.98. The first kappa shape index (κ1) is 39.7. The first-order valence-electron chi connectivity index (χ1n) is 21.5. The molecule has 63 heavy (non-hydrogen) atoms. The van der Waals surface area contributed by atoms with Gasteiger partial charge >= 0.3 is 11.7 Å². The molecule has 0 bridgehead atoms. The fourth-order valence-electron chi connectivity index (χ4n) is 9.61. The fourth-order valence-corrected chi connectivity index (χ4v) is 9.61. The first-order valence-corrected chi connectivity index (χ1v) is 21.5. The Labute approximate surface area is 363 Å². The number of hydrogen-bond donors (Lipinski definition) is 1. The molecule has 3 aromatic carbocycles. The minimum absolute atomic E-state index is 0.134. The van der Waals surface area contributed by atoms with E-state index in [0.717, 1.165) is 81.7 Å². The maximum atomic E-state index is 13.8. The number of urea groups is 1. The van der Waals surface area contributed by atoms with Crippen molar-refractivity contribution in [3.63, 3.8) is 0 Å². The standard InChI is InChI=1S/C48H47N11O4/c1-4-36-38(17-21-50-45(36)58-25-24-57(48(58)63)35-6-5-20-49-28-35)37-13-12-34(59-29-51-55(3)47(59)62)26-41(37)32-9-7-30(8-10-32)31-18-22-56(23-19-31)33-11-14-39-42(27-33)54(2)53-44(39)40-15-16-43(60)52-46(40)61/h5-14,17,20-21,26-29,31,40H,4,15-16,18-19,22-25H2,1-3H3,(H,52,60,61). The fraction of sp³-hybridized carbons (Fsp3) is 0.292. The molecule has 7 heterocycles. The number of pyridine rings is 2. The van der Waals surface area contributed by atoms with Crippen LogP contribution in [-0.2, 0) is 30.1 Å². The lowest BCUT2D eigenvalue weighted by Gasteiger charge is -2.34. The van der Waals surface area contributed by atoms with E-state index in [1.807, 2.05) is 42.1 Å². The van der Waals surface area contributed by atoms with Crippen LogP contribution < -0.4 is 25.7 Å². The number of hydrogen-bond acceptors (Lipinski definition) is 9. The van der Waals surface area contributed by atoms with E-state index in [9.17, 15) is 19.2 Å². The Hall–Kier alpha value is -7.42. The van der Waals surface area contributed by atoms with Crippen LogP contribution in [0.4, 0.5) is 22.0 Å². The summed E-state index contributed by atoms with van der Waals surface area (Å²) >= 11 is 0. The Kier molecular flexibility index (Phi) is 10.2. The molecule has 3 aliphatic heterocycles. The molecule has 318 valence electrons. The van der Waals surface area contributed by atoms with E-state index in [1.54, 1.807) is 46.3 Å². The van der Waals surface area contributed by atoms with Crippen molar-refractivity contribution in [1.29, 1.82) is 0 Å². The van der Waals surface area contributed by atoms with Gasteiger partial charge in [-0.05, 0) is 108 Å². The van der Waals surface area contributed by atoms with Crippen LogP contribution in [0.25, 0.3) is 38.8 Å².